The van der Waals surface area contributed by atoms with Crippen molar-refractivity contribution in [3.8, 4) is 0 Å². The van der Waals surface area contributed by atoms with Crippen LogP contribution in [0.1, 0.15) is 17.3 Å². The highest BCUT2D eigenvalue weighted by Gasteiger charge is 2.24. The Balaban J connectivity index is 2.00. The minimum atomic E-state index is -0.0169. The lowest BCUT2D eigenvalue weighted by atomic mass is 10.1. The molecule has 0 unspecified atom stereocenters. The fraction of sp³-hybridized carbons (Fsp3) is 0.316. The summed E-state index contributed by atoms with van der Waals surface area (Å²) in [5.41, 5.74) is 3.04. The van der Waals surface area contributed by atoms with E-state index < -0.39 is 0 Å². The molecule has 1 heterocycles. The molecule has 0 saturated heterocycles. The van der Waals surface area contributed by atoms with E-state index in [4.69, 9.17) is 0 Å². The SMILES string of the molecule is CCNC(=O)c1ccc2c(c1)N(CCN(C)C)c1ccccc1S2. The first kappa shape index (κ1) is 16.9. The van der Waals surface area contributed by atoms with Crippen molar-refractivity contribution in [2.24, 2.45) is 0 Å². The minimum Gasteiger partial charge on any atom is -0.352 e. The quantitative estimate of drug-likeness (QED) is 0.901. The molecule has 2 aromatic rings. The van der Waals surface area contributed by atoms with Crippen LogP contribution in [0.25, 0.3) is 0 Å². The molecule has 0 fully saturated rings. The number of nitrogens with zero attached hydrogens (tertiary/aromatic N) is 2. The summed E-state index contributed by atoms with van der Waals surface area (Å²) < 4.78 is 0. The van der Waals surface area contributed by atoms with Crippen LogP contribution in [0.5, 0.6) is 0 Å². The molecule has 0 saturated carbocycles. The topological polar surface area (TPSA) is 35.6 Å². The van der Waals surface area contributed by atoms with Crippen LogP contribution in [0, 0.1) is 0 Å². The van der Waals surface area contributed by atoms with E-state index in [1.54, 1.807) is 11.8 Å². The van der Waals surface area contributed by atoms with Gasteiger partial charge < -0.3 is 15.1 Å². The third-order valence-electron chi connectivity index (χ3n) is 4.00. The molecule has 0 bridgehead atoms. The molecule has 0 radical (unpaired) electrons. The number of likely N-dealkylation sites (N-methyl/N-ethyl adjacent to an activating group) is 1. The Hall–Kier alpha value is -1.98. The van der Waals surface area contributed by atoms with Crippen LogP contribution in [0.15, 0.2) is 52.3 Å². The van der Waals surface area contributed by atoms with E-state index in [1.807, 2.05) is 19.1 Å². The highest BCUT2D eigenvalue weighted by molar-refractivity contribution is 7.99. The van der Waals surface area contributed by atoms with Gasteiger partial charge in [0.25, 0.3) is 5.91 Å². The van der Waals surface area contributed by atoms with Gasteiger partial charge in [0.2, 0.25) is 0 Å². The summed E-state index contributed by atoms with van der Waals surface area (Å²) in [5, 5.41) is 2.88. The van der Waals surface area contributed by atoms with Gasteiger partial charge in [-0.2, -0.15) is 0 Å². The molecule has 1 N–H and O–H groups in total. The molecule has 0 aromatic heterocycles. The Morgan fingerprint density at radius 3 is 2.62 bits per heavy atom. The van der Waals surface area contributed by atoms with Gasteiger partial charge in [-0.3, -0.25) is 4.79 Å². The molecule has 2 aromatic carbocycles. The lowest BCUT2D eigenvalue weighted by Gasteiger charge is -2.33. The lowest BCUT2D eigenvalue weighted by molar-refractivity contribution is 0.0956. The number of hydrogen-bond acceptors (Lipinski definition) is 4. The number of anilines is 2. The van der Waals surface area contributed by atoms with E-state index in [0.717, 1.165) is 18.8 Å². The standard InChI is InChI=1S/C19H23N3OS/c1-4-20-19(23)14-9-10-18-16(13-14)22(12-11-21(2)3)15-7-5-6-8-17(15)24-18/h5-10,13H,4,11-12H2,1-3H3,(H,20,23). The highest BCUT2D eigenvalue weighted by atomic mass is 32.2. The summed E-state index contributed by atoms with van der Waals surface area (Å²) in [6.07, 6.45) is 0. The molecule has 126 valence electrons. The van der Waals surface area contributed by atoms with Gasteiger partial charge in [0.05, 0.1) is 11.4 Å². The number of nitrogens with one attached hydrogen (secondary N) is 1. The molecule has 0 atom stereocenters. The number of hydrogen-bond donors (Lipinski definition) is 1. The van der Waals surface area contributed by atoms with Crippen molar-refractivity contribution in [3.63, 3.8) is 0 Å². The van der Waals surface area contributed by atoms with Crippen molar-refractivity contribution >= 4 is 29.0 Å². The lowest BCUT2D eigenvalue weighted by Crippen LogP contribution is -2.30. The van der Waals surface area contributed by atoms with E-state index in [2.05, 4.69) is 59.5 Å². The average Bonchev–Trinajstić information content (AvgIpc) is 2.58. The van der Waals surface area contributed by atoms with E-state index in [1.165, 1.54) is 15.5 Å². The van der Waals surface area contributed by atoms with Crippen molar-refractivity contribution in [1.82, 2.24) is 10.2 Å². The molecule has 5 heteroatoms. The van der Waals surface area contributed by atoms with Gasteiger partial charge in [0, 0.05) is 35.0 Å². The molecule has 4 nitrogen and oxygen atoms in total. The average molecular weight is 341 g/mol. The summed E-state index contributed by atoms with van der Waals surface area (Å²) in [6.45, 7) is 4.41. The molecule has 0 spiro atoms. The normalized spacial score (nSPS) is 12.8. The predicted molar refractivity (Wildman–Crippen MR) is 101 cm³/mol. The smallest absolute Gasteiger partial charge is 0.251 e. The van der Waals surface area contributed by atoms with Crippen molar-refractivity contribution in [2.45, 2.75) is 16.7 Å². The fourth-order valence-corrected chi connectivity index (χ4v) is 3.85. The second-order valence-corrected chi connectivity index (χ2v) is 7.15. The Morgan fingerprint density at radius 2 is 1.88 bits per heavy atom. The molecular weight excluding hydrogens is 318 g/mol. The third kappa shape index (κ3) is 3.42. The number of para-hydroxylation sites is 1. The van der Waals surface area contributed by atoms with Crippen LogP contribution in [-0.4, -0.2) is 44.5 Å². The number of amides is 1. The van der Waals surface area contributed by atoms with Crippen molar-refractivity contribution < 1.29 is 4.79 Å². The first-order chi connectivity index (χ1) is 11.6. The number of fused-ring (bicyclic) bond motifs is 2. The second-order valence-electron chi connectivity index (χ2n) is 6.07. The van der Waals surface area contributed by atoms with Gasteiger partial charge in [0.15, 0.2) is 0 Å². The zero-order valence-electron chi connectivity index (χ0n) is 14.4. The van der Waals surface area contributed by atoms with Crippen LogP contribution in [0.3, 0.4) is 0 Å². The van der Waals surface area contributed by atoms with Gasteiger partial charge in [0.1, 0.15) is 0 Å². The Bertz CT molecular complexity index is 745. The largest absolute Gasteiger partial charge is 0.352 e. The number of benzene rings is 2. The van der Waals surface area contributed by atoms with Crippen LogP contribution in [0.2, 0.25) is 0 Å². The van der Waals surface area contributed by atoms with Crippen molar-refractivity contribution in [3.05, 3.63) is 48.0 Å². The molecule has 1 aliphatic heterocycles. The fourth-order valence-electron chi connectivity index (χ4n) is 2.77. The maximum absolute atomic E-state index is 12.2. The summed E-state index contributed by atoms with van der Waals surface area (Å²) in [4.78, 5) is 19.2. The van der Waals surface area contributed by atoms with E-state index >= 15 is 0 Å². The zero-order valence-corrected chi connectivity index (χ0v) is 15.2. The Morgan fingerprint density at radius 1 is 1.12 bits per heavy atom. The van der Waals surface area contributed by atoms with E-state index in [9.17, 15) is 4.79 Å². The molecule has 0 aliphatic carbocycles. The Kier molecular flexibility index (Phi) is 5.11. The molecule has 24 heavy (non-hydrogen) atoms. The van der Waals surface area contributed by atoms with Crippen LogP contribution >= 0.6 is 11.8 Å². The van der Waals surface area contributed by atoms with Crippen LogP contribution < -0.4 is 10.2 Å². The van der Waals surface area contributed by atoms with Crippen LogP contribution in [0.4, 0.5) is 11.4 Å². The number of rotatable bonds is 5. The van der Waals surface area contributed by atoms with Gasteiger partial charge in [-0.25, -0.2) is 0 Å². The van der Waals surface area contributed by atoms with Crippen molar-refractivity contribution in [2.75, 3.05) is 38.6 Å². The first-order valence-electron chi connectivity index (χ1n) is 8.21. The van der Waals surface area contributed by atoms with E-state index in [0.29, 0.717) is 12.1 Å². The maximum Gasteiger partial charge on any atom is 0.251 e. The zero-order chi connectivity index (χ0) is 17.1. The second kappa shape index (κ2) is 7.28. The molecule has 1 aliphatic rings. The third-order valence-corrected chi connectivity index (χ3v) is 5.13. The minimum absolute atomic E-state index is 0.0169. The number of carbonyl (C=O) groups is 1. The highest BCUT2D eigenvalue weighted by Crippen LogP contribution is 2.48. The monoisotopic (exact) mass is 341 g/mol. The van der Waals surface area contributed by atoms with Gasteiger partial charge in [-0.15, -0.1) is 0 Å². The summed E-state index contributed by atoms with van der Waals surface area (Å²) in [6, 6.07) is 14.4. The van der Waals surface area contributed by atoms with Gasteiger partial charge >= 0.3 is 0 Å². The maximum atomic E-state index is 12.2. The van der Waals surface area contributed by atoms with Gasteiger partial charge in [-0.05, 0) is 51.4 Å². The number of carbonyl (C=O) groups excluding carboxylic acids is 1. The Labute approximate surface area is 147 Å². The molecule has 3 rings (SSSR count). The van der Waals surface area contributed by atoms with Gasteiger partial charge in [-0.1, -0.05) is 23.9 Å². The first-order valence-corrected chi connectivity index (χ1v) is 9.03. The predicted octanol–water partition coefficient (Wildman–Crippen LogP) is 3.60. The summed E-state index contributed by atoms with van der Waals surface area (Å²) >= 11 is 1.77. The van der Waals surface area contributed by atoms with Crippen molar-refractivity contribution in [1.29, 1.82) is 0 Å². The van der Waals surface area contributed by atoms with E-state index in [-0.39, 0.29) is 5.91 Å². The summed E-state index contributed by atoms with van der Waals surface area (Å²) in [5.74, 6) is -0.0169. The molecule has 1 amide bonds. The van der Waals surface area contributed by atoms with Crippen LogP contribution in [-0.2, 0) is 0 Å². The summed E-state index contributed by atoms with van der Waals surface area (Å²) in [7, 11) is 4.16. The molecular formula is C19H23N3OS.